The standard InChI is InChI=1S/C27H23FN4O3/c1-35-20-9-6-7-18(13-20)14-29-25(33)17-32-27(34)26-22(15-30-32)21-10-3-5-12-24(21)31(26)16-19-8-2-4-11-23(19)28/h2-13,15H,14,16-17H2,1H3,(H,29,33). The third-order valence-electron chi connectivity index (χ3n) is 5.98. The third-order valence-corrected chi connectivity index (χ3v) is 5.98. The summed E-state index contributed by atoms with van der Waals surface area (Å²) in [6, 6.07) is 21.4. The number of nitrogens with one attached hydrogen (secondary N) is 1. The van der Waals surface area contributed by atoms with Gasteiger partial charge in [0, 0.05) is 28.4 Å². The number of benzene rings is 3. The Bertz CT molecular complexity index is 1610. The SMILES string of the molecule is COc1cccc(CNC(=O)Cn2ncc3c4ccccc4n(Cc4ccccc4F)c3c2=O)c1. The summed E-state index contributed by atoms with van der Waals surface area (Å²) in [6.45, 7) is 0.235. The minimum atomic E-state index is -0.411. The van der Waals surface area contributed by atoms with Crippen LogP contribution in [-0.4, -0.2) is 27.4 Å². The number of rotatable bonds is 7. The topological polar surface area (TPSA) is 78.2 Å². The Morgan fingerprint density at radius 2 is 1.83 bits per heavy atom. The Morgan fingerprint density at radius 3 is 2.66 bits per heavy atom. The molecule has 1 N–H and O–H groups in total. The van der Waals surface area contributed by atoms with E-state index in [1.165, 1.54) is 6.07 Å². The maximum absolute atomic E-state index is 14.4. The minimum Gasteiger partial charge on any atom is -0.497 e. The molecule has 0 saturated carbocycles. The molecule has 1 amide bonds. The Kier molecular flexibility index (Phi) is 6.01. The molecule has 3 aromatic carbocycles. The van der Waals surface area contributed by atoms with Crippen molar-refractivity contribution in [3.8, 4) is 5.75 Å². The van der Waals surface area contributed by atoms with E-state index in [9.17, 15) is 14.0 Å². The zero-order chi connectivity index (χ0) is 24.4. The Hall–Kier alpha value is -4.46. The molecule has 0 radical (unpaired) electrons. The van der Waals surface area contributed by atoms with Gasteiger partial charge in [-0.25, -0.2) is 9.07 Å². The van der Waals surface area contributed by atoms with Gasteiger partial charge in [0.25, 0.3) is 5.56 Å². The van der Waals surface area contributed by atoms with Gasteiger partial charge in [-0.2, -0.15) is 5.10 Å². The molecular formula is C27H23FN4O3. The number of halogens is 1. The van der Waals surface area contributed by atoms with Crippen molar-refractivity contribution in [1.82, 2.24) is 19.7 Å². The molecule has 0 fully saturated rings. The first kappa shape index (κ1) is 22.3. The van der Waals surface area contributed by atoms with Crippen molar-refractivity contribution in [1.29, 1.82) is 0 Å². The Morgan fingerprint density at radius 1 is 1.03 bits per heavy atom. The molecule has 0 atom stereocenters. The van der Waals surface area contributed by atoms with Gasteiger partial charge in [0.2, 0.25) is 5.91 Å². The van der Waals surface area contributed by atoms with E-state index >= 15 is 0 Å². The highest BCUT2D eigenvalue weighted by atomic mass is 19.1. The maximum atomic E-state index is 14.4. The predicted molar refractivity (Wildman–Crippen MR) is 132 cm³/mol. The number of methoxy groups -OCH3 is 1. The minimum absolute atomic E-state index is 0.179. The lowest BCUT2D eigenvalue weighted by Gasteiger charge is -2.10. The van der Waals surface area contributed by atoms with Crippen molar-refractivity contribution in [3.63, 3.8) is 0 Å². The van der Waals surface area contributed by atoms with Crippen molar-refractivity contribution < 1.29 is 13.9 Å². The number of fused-ring (bicyclic) bond motifs is 3. The van der Waals surface area contributed by atoms with Gasteiger partial charge in [-0.15, -0.1) is 0 Å². The molecule has 176 valence electrons. The number of ether oxygens (including phenoxy) is 1. The van der Waals surface area contributed by atoms with Crippen LogP contribution in [0.25, 0.3) is 21.8 Å². The Balaban J connectivity index is 1.48. The van der Waals surface area contributed by atoms with Crippen LogP contribution in [0.3, 0.4) is 0 Å². The summed E-state index contributed by atoms with van der Waals surface area (Å²) in [5, 5.41) is 8.57. The monoisotopic (exact) mass is 470 g/mol. The lowest BCUT2D eigenvalue weighted by Crippen LogP contribution is -2.33. The van der Waals surface area contributed by atoms with Crippen LogP contribution in [0.1, 0.15) is 11.1 Å². The van der Waals surface area contributed by atoms with E-state index in [2.05, 4.69) is 10.4 Å². The van der Waals surface area contributed by atoms with Gasteiger partial charge in [-0.1, -0.05) is 48.5 Å². The maximum Gasteiger partial charge on any atom is 0.291 e. The quantitative estimate of drug-likeness (QED) is 0.392. The molecule has 2 heterocycles. The van der Waals surface area contributed by atoms with Gasteiger partial charge in [0.15, 0.2) is 0 Å². The molecule has 0 unspecified atom stereocenters. The fraction of sp³-hybridized carbons (Fsp3) is 0.148. The Labute approximate surface area is 200 Å². The molecule has 0 spiro atoms. The molecule has 5 aromatic rings. The van der Waals surface area contributed by atoms with Gasteiger partial charge in [0.1, 0.15) is 23.6 Å². The largest absolute Gasteiger partial charge is 0.497 e. The van der Waals surface area contributed by atoms with Gasteiger partial charge in [-0.3, -0.25) is 9.59 Å². The normalized spacial score (nSPS) is 11.1. The number of carbonyl (C=O) groups excluding carboxylic acids is 1. The van der Waals surface area contributed by atoms with Gasteiger partial charge in [-0.05, 0) is 29.8 Å². The summed E-state index contributed by atoms with van der Waals surface area (Å²) in [6.07, 6.45) is 1.59. The first-order valence-electron chi connectivity index (χ1n) is 11.2. The highest BCUT2D eigenvalue weighted by Crippen LogP contribution is 2.27. The van der Waals surface area contributed by atoms with Gasteiger partial charge >= 0.3 is 0 Å². The van der Waals surface area contributed by atoms with Crippen molar-refractivity contribution in [2.24, 2.45) is 0 Å². The van der Waals surface area contributed by atoms with E-state index in [1.54, 1.807) is 36.1 Å². The highest BCUT2D eigenvalue weighted by Gasteiger charge is 2.18. The zero-order valence-electron chi connectivity index (χ0n) is 19.1. The number of amides is 1. The summed E-state index contributed by atoms with van der Waals surface area (Å²) >= 11 is 0. The van der Waals surface area contributed by atoms with Crippen molar-refractivity contribution in [2.75, 3.05) is 7.11 Å². The molecule has 0 aliphatic heterocycles. The molecule has 0 saturated heterocycles. The van der Waals surface area contributed by atoms with E-state index in [-0.39, 0.29) is 24.8 Å². The number of hydrogen-bond acceptors (Lipinski definition) is 4. The van der Waals surface area contributed by atoms with Crippen LogP contribution in [0.5, 0.6) is 5.75 Å². The lowest BCUT2D eigenvalue weighted by molar-refractivity contribution is -0.122. The number of para-hydroxylation sites is 1. The summed E-state index contributed by atoms with van der Waals surface area (Å²) in [4.78, 5) is 26.1. The molecule has 0 bridgehead atoms. The molecular weight excluding hydrogens is 447 g/mol. The molecule has 0 aliphatic carbocycles. The van der Waals surface area contributed by atoms with E-state index in [1.807, 2.05) is 48.5 Å². The second-order valence-corrected chi connectivity index (χ2v) is 8.19. The average Bonchev–Trinajstić information content (AvgIpc) is 3.20. The zero-order valence-corrected chi connectivity index (χ0v) is 19.1. The number of hydrogen-bond donors (Lipinski definition) is 1. The summed E-state index contributed by atoms with van der Waals surface area (Å²) in [7, 11) is 1.58. The van der Waals surface area contributed by atoms with Crippen LogP contribution in [-0.2, 0) is 24.4 Å². The summed E-state index contributed by atoms with van der Waals surface area (Å²) in [5.41, 5.74) is 2.11. The van der Waals surface area contributed by atoms with Crippen molar-refractivity contribution >= 4 is 27.7 Å². The second kappa shape index (κ2) is 9.42. The smallest absolute Gasteiger partial charge is 0.291 e. The number of carbonyl (C=O) groups is 1. The lowest BCUT2D eigenvalue weighted by atomic mass is 10.2. The average molecular weight is 471 g/mol. The third kappa shape index (κ3) is 4.38. The molecule has 5 rings (SSSR count). The molecule has 35 heavy (non-hydrogen) atoms. The predicted octanol–water partition coefficient (Wildman–Crippen LogP) is 3.86. The molecule has 0 aliphatic rings. The van der Waals surface area contributed by atoms with Gasteiger partial charge in [0.05, 0.1) is 19.9 Å². The molecule has 2 aromatic heterocycles. The fourth-order valence-electron chi connectivity index (χ4n) is 4.24. The van der Waals surface area contributed by atoms with Crippen LogP contribution in [0.15, 0.2) is 83.8 Å². The summed E-state index contributed by atoms with van der Waals surface area (Å²) < 4.78 is 22.6. The van der Waals surface area contributed by atoms with Crippen LogP contribution in [0, 0.1) is 5.82 Å². The first-order valence-corrected chi connectivity index (χ1v) is 11.2. The fourth-order valence-corrected chi connectivity index (χ4v) is 4.24. The van der Waals surface area contributed by atoms with Gasteiger partial charge < -0.3 is 14.6 Å². The van der Waals surface area contributed by atoms with E-state index in [0.717, 1.165) is 21.1 Å². The molecule has 7 nitrogen and oxygen atoms in total. The highest BCUT2D eigenvalue weighted by molar-refractivity contribution is 6.07. The van der Waals surface area contributed by atoms with E-state index in [0.29, 0.717) is 28.8 Å². The van der Waals surface area contributed by atoms with Crippen LogP contribution >= 0.6 is 0 Å². The van der Waals surface area contributed by atoms with Crippen molar-refractivity contribution in [3.05, 3.63) is 106 Å². The molecule has 8 heteroatoms. The number of nitrogens with zero attached hydrogens (tertiary/aromatic N) is 3. The van der Waals surface area contributed by atoms with E-state index < -0.39 is 5.56 Å². The van der Waals surface area contributed by atoms with Crippen molar-refractivity contribution in [2.45, 2.75) is 19.6 Å². The second-order valence-electron chi connectivity index (χ2n) is 8.19. The first-order chi connectivity index (χ1) is 17.0. The number of aromatic nitrogens is 3. The summed E-state index contributed by atoms with van der Waals surface area (Å²) in [5.74, 6) is 0.00559. The van der Waals surface area contributed by atoms with Crippen LogP contribution in [0.2, 0.25) is 0 Å². The van der Waals surface area contributed by atoms with Crippen LogP contribution < -0.4 is 15.6 Å². The van der Waals surface area contributed by atoms with Crippen LogP contribution in [0.4, 0.5) is 4.39 Å². The van der Waals surface area contributed by atoms with E-state index in [4.69, 9.17) is 4.74 Å².